The van der Waals surface area contributed by atoms with Crippen LogP contribution in [0.1, 0.15) is 29.9 Å². The molecule has 104 valence electrons. The second-order valence-corrected chi connectivity index (χ2v) is 7.16. The number of rotatable bonds is 3. The van der Waals surface area contributed by atoms with Crippen molar-refractivity contribution in [1.29, 1.82) is 0 Å². The number of halogens is 2. The molecule has 0 radical (unpaired) electrons. The van der Waals surface area contributed by atoms with Gasteiger partial charge in [-0.3, -0.25) is 0 Å². The summed E-state index contributed by atoms with van der Waals surface area (Å²) in [7, 11) is 0. The summed E-state index contributed by atoms with van der Waals surface area (Å²) < 4.78 is 15.5. The topological polar surface area (TPSA) is 0 Å². The zero-order valence-corrected chi connectivity index (χ0v) is 14.1. The predicted molar refractivity (Wildman–Crippen MR) is 91.5 cm³/mol. The lowest BCUT2D eigenvalue weighted by atomic mass is 9.84. The van der Waals surface area contributed by atoms with E-state index in [2.05, 4.69) is 40.8 Å². The molecule has 0 spiro atoms. The molecular formula is C17H16FIS. The summed E-state index contributed by atoms with van der Waals surface area (Å²) >= 11 is 4.02. The third-order valence-electron chi connectivity index (χ3n) is 3.76. The van der Waals surface area contributed by atoms with Crippen LogP contribution in [0.25, 0.3) is 0 Å². The van der Waals surface area contributed by atoms with Crippen LogP contribution in [0.2, 0.25) is 0 Å². The van der Waals surface area contributed by atoms with Gasteiger partial charge >= 0.3 is 0 Å². The van der Waals surface area contributed by atoms with Gasteiger partial charge in [-0.05, 0) is 60.6 Å². The van der Waals surface area contributed by atoms with Gasteiger partial charge in [0.25, 0.3) is 0 Å². The zero-order valence-electron chi connectivity index (χ0n) is 11.1. The molecule has 2 aromatic rings. The van der Waals surface area contributed by atoms with Crippen molar-refractivity contribution in [3.63, 3.8) is 0 Å². The summed E-state index contributed by atoms with van der Waals surface area (Å²) in [6, 6.07) is 14.1. The molecule has 0 heterocycles. The van der Waals surface area contributed by atoms with Crippen LogP contribution in [0, 0.1) is 5.82 Å². The summed E-state index contributed by atoms with van der Waals surface area (Å²) in [5.41, 5.74) is 2.19. The molecule has 0 aliphatic heterocycles. The number of fused-ring (bicyclic) bond motifs is 1. The first-order valence-electron chi connectivity index (χ1n) is 6.89. The average Bonchev–Trinajstić information content (AvgIpc) is 2.47. The highest BCUT2D eigenvalue weighted by molar-refractivity contribution is 14.1. The second-order valence-electron chi connectivity index (χ2n) is 5.14. The molecule has 0 amide bonds. The van der Waals surface area contributed by atoms with Crippen LogP contribution in [-0.2, 0) is 6.42 Å². The van der Waals surface area contributed by atoms with Crippen molar-refractivity contribution < 1.29 is 4.39 Å². The van der Waals surface area contributed by atoms with Crippen molar-refractivity contribution in [3.05, 3.63) is 59.4 Å². The van der Waals surface area contributed by atoms with Gasteiger partial charge in [-0.25, -0.2) is 4.39 Å². The molecular weight excluding hydrogens is 382 g/mol. The van der Waals surface area contributed by atoms with E-state index in [1.165, 1.54) is 12.0 Å². The molecule has 0 aromatic heterocycles. The van der Waals surface area contributed by atoms with Crippen molar-refractivity contribution in [1.82, 2.24) is 0 Å². The van der Waals surface area contributed by atoms with Crippen LogP contribution in [0.15, 0.2) is 52.3 Å². The van der Waals surface area contributed by atoms with Crippen molar-refractivity contribution in [2.75, 3.05) is 4.43 Å². The Kier molecular flexibility index (Phi) is 4.66. The number of alkyl halides is 1. The summed E-state index contributed by atoms with van der Waals surface area (Å²) in [6.45, 7) is 0. The fourth-order valence-electron chi connectivity index (χ4n) is 2.83. The molecule has 0 saturated carbocycles. The Bertz CT molecular complexity index is 597. The first-order chi connectivity index (χ1) is 9.78. The molecule has 3 rings (SSSR count). The minimum Gasteiger partial charge on any atom is -0.207 e. The van der Waals surface area contributed by atoms with Crippen LogP contribution < -0.4 is 0 Å². The minimum absolute atomic E-state index is 0.0118. The zero-order chi connectivity index (χ0) is 13.9. The SMILES string of the molecule is Fc1cc(Sc2ccccc2)cc2c1[C@H](CI)CCC2. The molecule has 0 N–H and O–H groups in total. The number of hydrogen-bond donors (Lipinski definition) is 0. The molecule has 0 fully saturated rings. The van der Waals surface area contributed by atoms with Gasteiger partial charge in [-0.1, -0.05) is 52.6 Å². The lowest BCUT2D eigenvalue weighted by molar-refractivity contribution is 0.535. The average molecular weight is 398 g/mol. The minimum atomic E-state index is -0.0118. The maximum Gasteiger partial charge on any atom is 0.128 e. The molecule has 0 bridgehead atoms. The predicted octanol–water partition coefficient (Wildman–Crippen LogP) is 5.83. The molecule has 1 aliphatic rings. The second kappa shape index (κ2) is 6.48. The van der Waals surface area contributed by atoms with E-state index in [0.29, 0.717) is 5.92 Å². The molecule has 0 saturated heterocycles. The summed E-state index contributed by atoms with van der Waals surface area (Å²) in [5.74, 6) is 0.387. The summed E-state index contributed by atoms with van der Waals surface area (Å²) in [5, 5.41) is 0. The van der Waals surface area contributed by atoms with E-state index in [0.717, 1.165) is 32.6 Å². The molecule has 0 unspecified atom stereocenters. The third-order valence-corrected chi connectivity index (χ3v) is 5.80. The highest BCUT2D eigenvalue weighted by Crippen LogP contribution is 2.38. The van der Waals surface area contributed by atoms with Gasteiger partial charge in [0, 0.05) is 14.2 Å². The lowest BCUT2D eigenvalue weighted by Gasteiger charge is -2.25. The Balaban J connectivity index is 1.93. The van der Waals surface area contributed by atoms with Gasteiger partial charge in [0.2, 0.25) is 0 Å². The normalized spacial score (nSPS) is 17.8. The molecule has 20 heavy (non-hydrogen) atoms. The Hall–Kier alpha value is -0.550. The van der Waals surface area contributed by atoms with Gasteiger partial charge in [0.05, 0.1) is 0 Å². The van der Waals surface area contributed by atoms with Gasteiger partial charge < -0.3 is 0 Å². The molecule has 2 aromatic carbocycles. The number of hydrogen-bond acceptors (Lipinski definition) is 1. The van der Waals surface area contributed by atoms with E-state index in [9.17, 15) is 4.39 Å². The van der Waals surface area contributed by atoms with Crippen LogP contribution in [0.3, 0.4) is 0 Å². The van der Waals surface area contributed by atoms with Gasteiger partial charge in [0.1, 0.15) is 5.82 Å². The van der Waals surface area contributed by atoms with Crippen LogP contribution in [0.5, 0.6) is 0 Å². The van der Waals surface area contributed by atoms with E-state index in [1.54, 1.807) is 17.8 Å². The van der Waals surface area contributed by atoms with Crippen molar-refractivity contribution in [3.8, 4) is 0 Å². The molecule has 3 heteroatoms. The molecule has 0 nitrogen and oxygen atoms in total. The Morgan fingerprint density at radius 1 is 1.15 bits per heavy atom. The maximum absolute atomic E-state index is 14.5. The smallest absolute Gasteiger partial charge is 0.128 e. The first-order valence-corrected chi connectivity index (χ1v) is 9.23. The van der Waals surface area contributed by atoms with Crippen molar-refractivity contribution in [2.24, 2.45) is 0 Å². The van der Waals surface area contributed by atoms with Crippen molar-refractivity contribution >= 4 is 34.4 Å². The van der Waals surface area contributed by atoms with E-state index >= 15 is 0 Å². The van der Waals surface area contributed by atoms with Gasteiger partial charge in [0.15, 0.2) is 0 Å². The molecule has 1 atom stereocenters. The Morgan fingerprint density at radius 3 is 2.70 bits per heavy atom. The largest absolute Gasteiger partial charge is 0.207 e. The lowest BCUT2D eigenvalue weighted by Crippen LogP contribution is -2.13. The van der Waals surface area contributed by atoms with Crippen LogP contribution in [0.4, 0.5) is 4.39 Å². The standard InChI is InChI=1S/C17H16FIS/c18-16-10-15(20-14-7-2-1-3-8-14)9-12-5-4-6-13(11-19)17(12)16/h1-3,7-10,13H,4-6,11H2/t13-/m0/s1. The highest BCUT2D eigenvalue weighted by Gasteiger charge is 2.23. The van der Waals surface area contributed by atoms with Crippen LogP contribution in [-0.4, -0.2) is 4.43 Å². The van der Waals surface area contributed by atoms with E-state index in [1.807, 2.05) is 18.2 Å². The van der Waals surface area contributed by atoms with E-state index in [-0.39, 0.29) is 5.82 Å². The van der Waals surface area contributed by atoms with Gasteiger partial charge in [-0.2, -0.15) is 0 Å². The molecule has 1 aliphatic carbocycles. The van der Waals surface area contributed by atoms with E-state index < -0.39 is 0 Å². The van der Waals surface area contributed by atoms with Gasteiger partial charge in [-0.15, -0.1) is 0 Å². The fourth-order valence-corrected chi connectivity index (χ4v) is 4.64. The summed E-state index contributed by atoms with van der Waals surface area (Å²) in [6.07, 6.45) is 3.32. The van der Waals surface area contributed by atoms with E-state index in [4.69, 9.17) is 0 Å². The third kappa shape index (κ3) is 3.03. The Labute approximate surface area is 137 Å². The first kappa shape index (κ1) is 14.4. The van der Waals surface area contributed by atoms with Crippen molar-refractivity contribution in [2.45, 2.75) is 35.0 Å². The monoisotopic (exact) mass is 398 g/mol. The fraction of sp³-hybridized carbons (Fsp3) is 0.294. The summed E-state index contributed by atoms with van der Waals surface area (Å²) in [4.78, 5) is 2.18. The quantitative estimate of drug-likeness (QED) is 0.463. The number of aryl methyl sites for hydroxylation is 1. The Morgan fingerprint density at radius 2 is 1.95 bits per heavy atom. The highest BCUT2D eigenvalue weighted by atomic mass is 127. The maximum atomic E-state index is 14.5. The van der Waals surface area contributed by atoms with Crippen LogP contribution >= 0.6 is 34.4 Å². The number of benzene rings is 2.